The molecular weight excluding hydrogens is 286 g/mol. The van der Waals surface area contributed by atoms with Crippen LogP contribution in [0.4, 0.5) is 5.82 Å². The van der Waals surface area contributed by atoms with Gasteiger partial charge in [0.05, 0.1) is 6.54 Å². The number of anilines is 1. The summed E-state index contributed by atoms with van der Waals surface area (Å²) in [5.74, 6) is 0.0983. The van der Waals surface area contributed by atoms with Crippen molar-refractivity contribution in [3.8, 4) is 0 Å². The van der Waals surface area contributed by atoms with Gasteiger partial charge < -0.3 is 4.90 Å². The van der Waals surface area contributed by atoms with Crippen LogP contribution in [0.3, 0.4) is 0 Å². The SMILES string of the molecule is CCC1C(=O)NC(=O)CN1c1ccc(Br)cn1. The largest absolute Gasteiger partial charge is 0.335 e. The van der Waals surface area contributed by atoms with Gasteiger partial charge in [-0.15, -0.1) is 0 Å². The Balaban J connectivity index is 2.30. The lowest BCUT2D eigenvalue weighted by Crippen LogP contribution is -2.58. The minimum absolute atomic E-state index is 0.166. The maximum absolute atomic E-state index is 11.7. The van der Waals surface area contributed by atoms with Gasteiger partial charge in [-0.2, -0.15) is 0 Å². The Morgan fingerprint density at radius 3 is 2.88 bits per heavy atom. The van der Waals surface area contributed by atoms with Crippen molar-refractivity contribution < 1.29 is 9.59 Å². The van der Waals surface area contributed by atoms with Crippen molar-refractivity contribution in [2.45, 2.75) is 19.4 Å². The molecule has 0 aromatic carbocycles. The molecule has 0 aliphatic carbocycles. The van der Waals surface area contributed by atoms with Gasteiger partial charge in [-0.3, -0.25) is 14.9 Å². The molecule has 1 aliphatic rings. The van der Waals surface area contributed by atoms with Crippen molar-refractivity contribution in [3.63, 3.8) is 0 Å². The average Bonchev–Trinajstić information content (AvgIpc) is 2.29. The summed E-state index contributed by atoms with van der Waals surface area (Å²) in [7, 11) is 0. The third-order valence-electron chi connectivity index (χ3n) is 2.65. The topological polar surface area (TPSA) is 62.3 Å². The maximum Gasteiger partial charge on any atom is 0.249 e. The minimum Gasteiger partial charge on any atom is -0.335 e. The van der Waals surface area contributed by atoms with Gasteiger partial charge in [-0.05, 0) is 34.5 Å². The molecule has 1 fully saturated rings. The number of hydrogen-bond donors (Lipinski definition) is 1. The first-order valence-electron chi connectivity index (χ1n) is 5.33. The molecule has 17 heavy (non-hydrogen) atoms. The molecule has 0 bridgehead atoms. The molecule has 1 aromatic heterocycles. The van der Waals surface area contributed by atoms with Crippen LogP contribution in [0.2, 0.25) is 0 Å². The Hall–Kier alpha value is -1.43. The van der Waals surface area contributed by atoms with Gasteiger partial charge in [0.25, 0.3) is 0 Å². The van der Waals surface area contributed by atoms with E-state index in [1.54, 1.807) is 17.2 Å². The van der Waals surface area contributed by atoms with Gasteiger partial charge in [0.15, 0.2) is 0 Å². The summed E-state index contributed by atoms with van der Waals surface area (Å²) in [5, 5.41) is 2.33. The molecule has 5 nitrogen and oxygen atoms in total. The van der Waals surface area contributed by atoms with E-state index < -0.39 is 0 Å². The van der Waals surface area contributed by atoms with Crippen molar-refractivity contribution in [2.75, 3.05) is 11.4 Å². The van der Waals surface area contributed by atoms with E-state index in [9.17, 15) is 9.59 Å². The lowest BCUT2D eigenvalue weighted by atomic mass is 10.1. The van der Waals surface area contributed by atoms with Crippen LogP contribution < -0.4 is 10.2 Å². The van der Waals surface area contributed by atoms with Crippen LogP contribution in [0.25, 0.3) is 0 Å². The highest BCUT2D eigenvalue weighted by atomic mass is 79.9. The molecule has 0 radical (unpaired) electrons. The van der Waals surface area contributed by atoms with Gasteiger partial charge in [0, 0.05) is 10.7 Å². The quantitative estimate of drug-likeness (QED) is 0.830. The van der Waals surface area contributed by atoms with E-state index in [4.69, 9.17) is 0 Å². The van der Waals surface area contributed by atoms with Gasteiger partial charge in [0.1, 0.15) is 11.9 Å². The van der Waals surface area contributed by atoms with Crippen molar-refractivity contribution >= 4 is 33.6 Å². The summed E-state index contributed by atoms with van der Waals surface area (Å²) in [4.78, 5) is 29.0. The Bertz CT molecular complexity index is 447. The number of imide groups is 1. The van der Waals surface area contributed by atoms with Crippen molar-refractivity contribution in [2.24, 2.45) is 0 Å². The van der Waals surface area contributed by atoms with Crippen LogP contribution in [-0.2, 0) is 9.59 Å². The third kappa shape index (κ3) is 2.46. The lowest BCUT2D eigenvalue weighted by molar-refractivity contribution is -0.132. The summed E-state index contributed by atoms with van der Waals surface area (Å²) < 4.78 is 0.863. The van der Waals surface area contributed by atoms with E-state index >= 15 is 0 Å². The number of aromatic nitrogens is 1. The highest BCUT2D eigenvalue weighted by Crippen LogP contribution is 2.20. The fourth-order valence-corrected chi connectivity index (χ4v) is 2.09. The maximum atomic E-state index is 11.7. The summed E-state index contributed by atoms with van der Waals surface area (Å²) >= 11 is 3.30. The molecular formula is C11H12BrN3O2. The summed E-state index contributed by atoms with van der Waals surface area (Å²) in [6.07, 6.45) is 2.29. The van der Waals surface area contributed by atoms with Crippen molar-refractivity contribution in [3.05, 3.63) is 22.8 Å². The summed E-state index contributed by atoms with van der Waals surface area (Å²) in [6, 6.07) is 3.30. The number of halogens is 1. The number of amides is 2. The zero-order chi connectivity index (χ0) is 12.4. The first-order valence-corrected chi connectivity index (χ1v) is 6.13. The number of carbonyl (C=O) groups excluding carboxylic acids is 2. The zero-order valence-corrected chi connectivity index (χ0v) is 10.9. The number of rotatable bonds is 2. The summed E-state index contributed by atoms with van der Waals surface area (Å²) in [6.45, 7) is 2.07. The normalized spacial score (nSPS) is 20.4. The highest BCUT2D eigenvalue weighted by molar-refractivity contribution is 9.10. The van der Waals surface area contributed by atoms with Crippen LogP contribution in [-0.4, -0.2) is 29.4 Å². The Labute approximate surface area is 107 Å². The molecule has 1 aromatic rings. The van der Waals surface area contributed by atoms with Gasteiger partial charge >= 0.3 is 0 Å². The molecule has 1 N–H and O–H groups in total. The molecule has 1 unspecified atom stereocenters. The van der Waals surface area contributed by atoms with Crippen molar-refractivity contribution in [1.29, 1.82) is 0 Å². The number of nitrogens with zero attached hydrogens (tertiary/aromatic N) is 2. The van der Waals surface area contributed by atoms with Gasteiger partial charge in [-0.1, -0.05) is 6.92 Å². The lowest BCUT2D eigenvalue weighted by Gasteiger charge is -2.34. The minimum atomic E-state index is -0.332. The van der Waals surface area contributed by atoms with E-state index in [0.29, 0.717) is 12.2 Å². The molecule has 2 amide bonds. The van der Waals surface area contributed by atoms with Gasteiger partial charge in [-0.25, -0.2) is 4.98 Å². The molecule has 2 rings (SSSR count). The zero-order valence-electron chi connectivity index (χ0n) is 9.31. The number of pyridine rings is 1. The van der Waals surface area contributed by atoms with Crippen molar-refractivity contribution in [1.82, 2.24) is 10.3 Å². The summed E-state index contributed by atoms with van der Waals surface area (Å²) in [5.41, 5.74) is 0. The second-order valence-electron chi connectivity index (χ2n) is 3.80. The first-order chi connectivity index (χ1) is 8.11. The molecule has 0 spiro atoms. The highest BCUT2D eigenvalue weighted by Gasteiger charge is 2.32. The Kier molecular flexibility index (Phi) is 3.42. The van der Waals surface area contributed by atoms with Crippen LogP contribution in [0.15, 0.2) is 22.8 Å². The second kappa shape index (κ2) is 4.83. The fourth-order valence-electron chi connectivity index (χ4n) is 1.85. The van der Waals surface area contributed by atoms with E-state index in [-0.39, 0.29) is 24.4 Å². The first kappa shape index (κ1) is 12.0. The van der Waals surface area contributed by atoms with Crippen LogP contribution in [0.5, 0.6) is 0 Å². The molecule has 2 heterocycles. The van der Waals surface area contributed by atoms with Crippen LogP contribution >= 0.6 is 15.9 Å². The fraction of sp³-hybridized carbons (Fsp3) is 0.364. The smallest absolute Gasteiger partial charge is 0.249 e. The number of hydrogen-bond acceptors (Lipinski definition) is 4. The predicted molar refractivity (Wildman–Crippen MR) is 66.5 cm³/mol. The average molecular weight is 298 g/mol. The number of nitrogens with one attached hydrogen (secondary N) is 1. The van der Waals surface area contributed by atoms with Crippen LogP contribution in [0, 0.1) is 0 Å². The molecule has 0 saturated carbocycles. The second-order valence-corrected chi connectivity index (χ2v) is 4.71. The molecule has 1 aliphatic heterocycles. The monoisotopic (exact) mass is 297 g/mol. The molecule has 1 saturated heterocycles. The predicted octanol–water partition coefficient (Wildman–Crippen LogP) is 1.09. The van der Waals surface area contributed by atoms with E-state index in [0.717, 1.165) is 4.47 Å². The third-order valence-corrected chi connectivity index (χ3v) is 3.12. The number of piperazine rings is 1. The Morgan fingerprint density at radius 1 is 1.53 bits per heavy atom. The standard InChI is InChI=1S/C11H12BrN3O2/c1-2-8-11(17)14-10(16)6-15(8)9-4-3-7(12)5-13-9/h3-5,8H,2,6H2,1H3,(H,14,16,17). The van der Waals surface area contributed by atoms with Gasteiger partial charge in [0.2, 0.25) is 11.8 Å². The molecule has 90 valence electrons. The van der Waals surface area contributed by atoms with Crippen LogP contribution in [0.1, 0.15) is 13.3 Å². The van der Waals surface area contributed by atoms with E-state index in [1.165, 1.54) is 0 Å². The number of carbonyl (C=O) groups is 2. The molecule has 6 heteroatoms. The molecule has 1 atom stereocenters. The van der Waals surface area contributed by atoms with E-state index in [2.05, 4.69) is 26.2 Å². The van der Waals surface area contributed by atoms with E-state index in [1.807, 2.05) is 13.0 Å². The Morgan fingerprint density at radius 2 is 2.29 bits per heavy atom.